The van der Waals surface area contributed by atoms with Crippen LogP contribution in [0.1, 0.15) is 22.8 Å². The molecule has 0 aliphatic carbocycles. The second-order valence-corrected chi connectivity index (χ2v) is 7.90. The Bertz CT molecular complexity index is 1160. The maximum absolute atomic E-state index is 12.5. The average Bonchev–Trinajstić information content (AvgIpc) is 3.21. The van der Waals surface area contributed by atoms with E-state index in [9.17, 15) is 13.2 Å². The molecule has 0 saturated heterocycles. The number of nitrogens with one attached hydrogen (secondary N) is 2. The zero-order valence-electron chi connectivity index (χ0n) is 15.7. The summed E-state index contributed by atoms with van der Waals surface area (Å²) >= 11 is 0. The molecule has 0 aliphatic heterocycles. The summed E-state index contributed by atoms with van der Waals surface area (Å²) < 4.78 is 31.8. The maximum atomic E-state index is 12.5. The molecule has 2 N–H and O–H groups in total. The molecule has 0 saturated carbocycles. The standard InChI is InChI=1S/C21H19N3O4S/c1-3-12-22-29(26,27)18-7-5-6-17(13-18)21(25)23-20-14-19(24-28-20)16-10-8-15(4-2)9-11-16/h1,5-11,13-14,22H,4,12H2,2H3,(H,23,25). The van der Waals surface area contributed by atoms with Crippen molar-refractivity contribution in [3.8, 4) is 23.6 Å². The van der Waals surface area contributed by atoms with Crippen molar-refractivity contribution in [2.75, 3.05) is 11.9 Å². The highest BCUT2D eigenvalue weighted by molar-refractivity contribution is 7.89. The third kappa shape index (κ3) is 4.90. The summed E-state index contributed by atoms with van der Waals surface area (Å²) in [5, 5.41) is 6.54. The Morgan fingerprint density at radius 3 is 2.62 bits per heavy atom. The fourth-order valence-electron chi connectivity index (χ4n) is 2.59. The topological polar surface area (TPSA) is 101 Å². The summed E-state index contributed by atoms with van der Waals surface area (Å²) in [5.74, 6) is 1.83. The number of hydrogen-bond acceptors (Lipinski definition) is 5. The Morgan fingerprint density at radius 1 is 1.17 bits per heavy atom. The highest BCUT2D eigenvalue weighted by Crippen LogP contribution is 2.23. The molecule has 0 atom stereocenters. The van der Waals surface area contributed by atoms with Gasteiger partial charge in [0, 0.05) is 17.2 Å². The predicted octanol–water partition coefficient (Wildman–Crippen LogP) is 3.07. The third-order valence-electron chi connectivity index (χ3n) is 4.18. The maximum Gasteiger partial charge on any atom is 0.258 e. The minimum absolute atomic E-state index is 0.0605. The summed E-state index contributed by atoms with van der Waals surface area (Å²) in [6, 6.07) is 15.1. The molecule has 1 aromatic heterocycles. The summed E-state index contributed by atoms with van der Waals surface area (Å²) in [5.41, 5.74) is 2.80. The number of carbonyl (C=O) groups excluding carboxylic acids is 1. The first kappa shape index (κ1) is 20.3. The van der Waals surface area contributed by atoms with Crippen LogP contribution >= 0.6 is 0 Å². The number of rotatable bonds is 7. The second kappa shape index (κ2) is 8.73. The van der Waals surface area contributed by atoms with Gasteiger partial charge in [-0.05, 0) is 30.2 Å². The van der Waals surface area contributed by atoms with E-state index in [1.54, 1.807) is 6.07 Å². The molecule has 0 fully saturated rings. The zero-order chi connectivity index (χ0) is 20.9. The van der Waals surface area contributed by atoms with Crippen molar-refractivity contribution in [3.63, 3.8) is 0 Å². The largest absolute Gasteiger partial charge is 0.338 e. The number of terminal acetylenes is 1. The molecule has 0 aliphatic rings. The number of benzene rings is 2. The van der Waals surface area contributed by atoms with Gasteiger partial charge in [-0.2, -0.15) is 4.72 Å². The number of anilines is 1. The summed E-state index contributed by atoms with van der Waals surface area (Å²) in [7, 11) is -3.80. The molecule has 1 heterocycles. The van der Waals surface area contributed by atoms with Crippen molar-refractivity contribution < 1.29 is 17.7 Å². The van der Waals surface area contributed by atoms with E-state index in [0.29, 0.717) is 5.69 Å². The van der Waals surface area contributed by atoms with E-state index in [4.69, 9.17) is 10.9 Å². The lowest BCUT2D eigenvalue weighted by atomic mass is 10.1. The highest BCUT2D eigenvalue weighted by atomic mass is 32.2. The van der Waals surface area contributed by atoms with Gasteiger partial charge < -0.3 is 4.52 Å². The second-order valence-electron chi connectivity index (χ2n) is 6.14. The van der Waals surface area contributed by atoms with Crippen LogP contribution in [0.3, 0.4) is 0 Å². The van der Waals surface area contributed by atoms with Crippen LogP contribution in [0.5, 0.6) is 0 Å². The zero-order valence-corrected chi connectivity index (χ0v) is 16.5. The molecular formula is C21H19N3O4S. The first-order chi connectivity index (χ1) is 13.9. The van der Waals surface area contributed by atoms with Crippen LogP contribution < -0.4 is 10.0 Å². The number of carbonyl (C=O) groups is 1. The molecule has 2 aromatic carbocycles. The Kier molecular flexibility index (Phi) is 6.12. The fraction of sp³-hybridized carbons (Fsp3) is 0.143. The Labute approximate surface area is 169 Å². The summed E-state index contributed by atoms with van der Waals surface area (Å²) in [4.78, 5) is 12.4. The molecule has 0 spiro atoms. The van der Waals surface area contributed by atoms with Gasteiger partial charge in [0.25, 0.3) is 5.91 Å². The van der Waals surface area contributed by atoms with Crippen LogP contribution in [0, 0.1) is 12.3 Å². The van der Waals surface area contributed by atoms with Crippen LogP contribution in [0.15, 0.2) is 64.0 Å². The van der Waals surface area contributed by atoms with Gasteiger partial charge in [0.1, 0.15) is 5.69 Å². The molecular weight excluding hydrogens is 390 g/mol. The number of amides is 1. The van der Waals surface area contributed by atoms with Crippen LogP contribution in [-0.4, -0.2) is 26.0 Å². The van der Waals surface area contributed by atoms with Crippen LogP contribution in [0.4, 0.5) is 5.88 Å². The van der Waals surface area contributed by atoms with Gasteiger partial charge in [-0.3, -0.25) is 10.1 Å². The Hall–Kier alpha value is -3.41. The van der Waals surface area contributed by atoms with Gasteiger partial charge in [-0.25, -0.2) is 8.42 Å². The molecule has 0 bridgehead atoms. The van der Waals surface area contributed by atoms with Crippen molar-refractivity contribution in [1.82, 2.24) is 9.88 Å². The minimum Gasteiger partial charge on any atom is -0.338 e. The van der Waals surface area contributed by atoms with Crippen molar-refractivity contribution in [2.45, 2.75) is 18.2 Å². The minimum atomic E-state index is -3.80. The van der Waals surface area contributed by atoms with Crippen molar-refractivity contribution in [3.05, 3.63) is 65.7 Å². The molecule has 1 amide bonds. The molecule has 3 aromatic rings. The van der Waals surface area contributed by atoms with Gasteiger partial charge in [0.15, 0.2) is 0 Å². The number of nitrogens with zero attached hydrogens (tertiary/aromatic N) is 1. The summed E-state index contributed by atoms with van der Waals surface area (Å²) in [6.45, 7) is 1.93. The Morgan fingerprint density at radius 2 is 1.93 bits per heavy atom. The Balaban J connectivity index is 1.75. The lowest BCUT2D eigenvalue weighted by molar-refractivity contribution is 0.102. The molecule has 7 nitrogen and oxygen atoms in total. The van der Waals surface area contributed by atoms with Gasteiger partial charge in [-0.15, -0.1) is 6.42 Å². The van der Waals surface area contributed by atoms with Gasteiger partial charge >= 0.3 is 0 Å². The van der Waals surface area contributed by atoms with Crippen LogP contribution in [0.25, 0.3) is 11.3 Å². The van der Waals surface area contributed by atoms with E-state index in [-0.39, 0.29) is 22.9 Å². The van der Waals surface area contributed by atoms with Crippen molar-refractivity contribution in [1.29, 1.82) is 0 Å². The fourth-order valence-corrected chi connectivity index (χ4v) is 3.57. The molecule has 29 heavy (non-hydrogen) atoms. The number of hydrogen-bond donors (Lipinski definition) is 2. The third-order valence-corrected chi connectivity index (χ3v) is 5.57. The van der Waals surface area contributed by atoms with E-state index in [1.807, 2.05) is 24.3 Å². The SMILES string of the molecule is C#CCNS(=O)(=O)c1cccc(C(=O)Nc2cc(-c3ccc(CC)cc3)no2)c1. The molecule has 8 heteroatoms. The van der Waals surface area contributed by atoms with Gasteiger partial charge in [-0.1, -0.05) is 48.3 Å². The first-order valence-corrected chi connectivity index (χ1v) is 10.3. The van der Waals surface area contributed by atoms with E-state index in [0.717, 1.165) is 12.0 Å². The van der Waals surface area contributed by atoms with Crippen molar-refractivity contribution >= 4 is 21.8 Å². The van der Waals surface area contributed by atoms with Crippen molar-refractivity contribution in [2.24, 2.45) is 0 Å². The van der Waals surface area contributed by atoms with E-state index in [1.165, 1.54) is 29.8 Å². The molecule has 0 unspecified atom stereocenters. The lowest BCUT2D eigenvalue weighted by Gasteiger charge is -2.06. The number of sulfonamides is 1. The van der Waals surface area contributed by atoms with Gasteiger partial charge in [0.05, 0.1) is 11.4 Å². The van der Waals surface area contributed by atoms with E-state index < -0.39 is 15.9 Å². The lowest BCUT2D eigenvalue weighted by Crippen LogP contribution is -2.24. The molecule has 3 rings (SSSR count). The average molecular weight is 409 g/mol. The van der Waals surface area contributed by atoms with E-state index in [2.05, 4.69) is 28.0 Å². The van der Waals surface area contributed by atoms with Gasteiger partial charge in [0.2, 0.25) is 15.9 Å². The quantitative estimate of drug-likeness (QED) is 0.584. The molecule has 148 valence electrons. The smallest absolute Gasteiger partial charge is 0.258 e. The predicted molar refractivity (Wildman–Crippen MR) is 110 cm³/mol. The van der Waals surface area contributed by atoms with Crippen LogP contribution in [0.2, 0.25) is 0 Å². The first-order valence-electron chi connectivity index (χ1n) is 8.83. The normalized spacial score (nSPS) is 11.0. The number of aryl methyl sites for hydroxylation is 1. The number of aromatic nitrogens is 1. The summed E-state index contributed by atoms with van der Waals surface area (Å²) in [6.07, 6.45) is 6.02. The monoisotopic (exact) mass is 409 g/mol. The van der Waals surface area contributed by atoms with Crippen LogP contribution in [-0.2, 0) is 16.4 Å². The molecule has 0 radical (unpaired) electrons. The van der Waals surface area contributed by atoms with E-state index >= 15 is 0 Å². The highest BCUT2D eigenvalue weighted by Gasteiger charge is 2.17.